The van der Waals surface area contributed by atoms with Gasteiger partial charge >= 0.3 is 12.1 Å². The van der Waals surface area contributed by atoms with E-state index in [4.69, 9.17) is 4.74 Å². The van der Waals surface area contributed by atoms with E-state index in [1.54, 1.807) is 0 Å². The topological polar surface area (TPSA) is 105 Å². The Morgan fingerprint density at radius 3 is 2.00 bits per heavy atom. The first-order chi connectivity index (χ1) is 16.5. The number of carboxylic acids is 1. The van der Waals surface area contributed by atoms with Crippen LogP contribution in [0.4, 0.5) is 4.79 Å². The van der Waals surface area contributed by atoms with E-state index >= 15 is 0 Å². The zero-order chi connectivity index (χ0) is 25.8. The molecule has 0 aromatic heterocycles. The second-order valence-corrected chi connectivity index (χ2v) is 10.4. The zero-order valence-electron chi connectivity index (χ0n) is 21.1. The predicted octanol–water partition coefficient (Wildman–Crippen LogP) is 4.95. The summed E-state index contributed by atoms with van der Waals surface area (Å²) in [5, 5.41) is 14.8. The van der Waals surface area contributed by atoms with Gasteiger partial charge in [-0.3, -0.25) is 9.59 Å². The number of aliphatic carboxylic acids is 1. The van der Waals surface area contributed by atoms with Crippen LogP contribution >= 0.6 is 0 Å². The number of nitrogens with one attached hydrogen (secondary N) is 2. The molecular formula is C28H36N2O5. The van der Waals surface area contributed by atoms with E-state index < -0.39 is 35.5 Å². The molecule has 1 unspecified atom stereocenters. The van der Waals surface area contributed by atoms with Crippen molar-refractivity contribution in [1.29, 1.82) is 0 Å². The van der Waals surface area contributed by atoms with Crippen molar-refractivity contribution in [3.8, 4) is 11.1 Å². The Hall–Kier alpha value is -3.35. The van der Waals surface area contributed by atoms with Crippen LogP contribution in [0.2, 0.25) is 0 Å². The van der Waals surface area contributed by atoms with Gasteiger partial charge in [-0.15, -0.1) is 0 Å². The van der Waals surface area contributed by atoms with E-state index in [0.717, 1.165) is 22.3 Å². The van der Waals surface area contributed by atoms with Crippen molar-refractivity contribution >= 4 is 18.0 Å². The summed E-state index contributed by atoms with van der Waals surface area (Å²) in [6, 6.07) is 14.8. The van der Waals surface area contributed by atoms with Crippen LogP contribution in [0.3, 0.4) is 0 Å². The number of carboxylic acid groups (broad SMARTS) is 1. The molecule has 0 bridgehead atoms. The van der Waals surface area contributed by atoms with Crippen LogP contribution in [0.5, 0.6) is 0 Å². The standard InChI is InChI=1S/C28H36N2O5/c1-6-17(2)25(26(33)29-23(15-24(31)32)28(3,4)5)30-27(34)35-16-22-20-13-9-7-11-18(20)19-12-8-10-14-21(19)22/h7-14,17,22-23,25H,6,15-16H2,1-5H3,(H,29,33)(H,30,34)(H,31,32)/t17-,23?,25-/m0/s1. The second kappa shape index (κ2) is 10.9. The monoisotopic (exact) mass is 480 g/mol. The van der Waals surface area contributed by atoms with Crippen molar-refractivity contribution in [1.82, 2.24) is 10.6 Å². The van der Waals surface area contributed by atoms with Crippen LogP contribution in [-0.4, -0.2) is 41.8 Å². The van der Waals surface area contributed by atoms with Crippen LogP contribution in [0, 0.1) is 11.3 Å². The molecule has 3 atom stereocenters. The molecule has 7 heteroatoms. The first kappa shape index (κ1) is 26.3. The van der Waals surface area contributed by atoms with E-state index in [2.05, 4.69) is 22.8 Å². The van der Waals surface area contributed by atoms with Crippen LogP contribution < -0.4 is 10.6 Å². The maximum Gasteiger partial charge on any atom is 0.407 e. The van der Waals surface area contributed by atoms with E-state index in [-0.39, 0.29) is 24.9 Å². The fourth-order valence-corrected chi connectivity index (χ4v) is 4.48. The summed E-state index contributed by atoms with van der Waals surface area (Å²) in [5.41, 5.74) is 4.04. The summed E-state index contributed by atoms with van der Waals surface area (Å²) in [5.74, 6) is -1.64. The summed E-state index contributed by atoms with van der Waals surface area (Å²) in [4.78, 5) is 37.3. The highest BCUT2D eigenvalue weighted by atomic mass is 16.5. The Morgan fingerprint density at radius 1 is 0.971 bits per heavy atom. The summed E-state index contributed by atoms with van der Waals surface area (Å²) < 4.78 is 5.63. The molecule has 2 aromatic carbocycles. The Bertz CT molecular complexity index is 1030. The number of hydrogen-bond donors (Lipinski definition) is 3. The van der Waals surface area contributed by atoms with E-state index in [0.29, 0.717) is 6.42 Å². The van der Waals surface area contributed by atoms with Crippen molar-refractivity contribution in [2.75, 3.05) is 6.61 Å². The normalized spacial score (nSPS) is 15.3. The van der Waals surface area contributed by atoms with Crippen LogP contribution in [0.25, 0.3) is 11.1 Å². The first-order valence-corrected chi connectivity index (χ1v) is 12.2. The Morgan fingerprint density at radius 2 is 1.51 bits per heavy atom. The SMILES string of the molecule is CC[C@H](C)[C@H](NC(=O)OCC1c2ccccc2-c2ccccc21)C(=O)NC(CC(=O)O)C(C)(C)C. The predicted molar refractivity (Wildman–Crippen MR) is 135 cm³/mol. The number of rotatable bonds is 9. The van der Waals surface area contributed by atoms with E-state index in [1.165, 1.54) is 0 Å². The fourth-order valence-electron chi connectivity index (χ4n) is 4.48. The Balaban J connectivity index is 1.69. The molecule has 7 nitrogen and oxygen atoms in total. The largest absolute Gasteiger partial charge is 0.481 e. The second-order valence-electron chi connectivity index (χ2n) is 10.4. The van der Waals surface area contributed by atoms with Crippen molar-refractivity contribution in [2.45, 2.75) is 65.5 Å². The number of carbonyl (C=O) groups excluding carboxylic acids is 2. The minimum atomic E-state index is -0.991. The van der Waals surface area contributed by atoms with Gasteiger partial charge in [0.15, 0.2) is 0 Å². The summed E-state index contributed by atoms with van der Waals surface area (Å²) >= 11 is 0. The number of alkyl carbamates (subject to hydrolysis) is 1. The van der Waals surface area contributed by atoms with Crippen LogP contribution in [-0.2, 0) is 14.3 Å². The molecule has 0 fully saturated rings. The third kappa shape index (κ3) is 6.21. The maximum atomic E-state index is 13.1. The lowest BCUT2D eigenvalue weighted by Gasteiger charge is -2.33. The van der Waals surface area contributed by atoms with Gasteiger partial charge in [0.05, 0.1) is 6.42 Å². The number of fused-ring (bicyclic) bond motifs is 3. The van der Waals surface area contributed by atoms with Gasteiger partial charge in [0.25, 0.3) is 0 Å². The average molecular weight is 481 g/mol. The van der Waals surface area contributed by atoms with Crippen LogP contribution in [0.1, 0.15) is 64.5 Å². The molecule has 3 rings (SSSR count). The smallest absolute Gasteiger partial charge is 0.407 e. The highest BCUT2D eigenvalue weighted by Crippen LogP contribution is 2.44. The maximum absolute atomic E-state index is 13.1. The highest BCUT2D eigenvalue weighted by Gasteiger charge is 2.34. The number of ether oxygens (including phenoxy) is 1. The Kier molecular flexibility index (Phi) is 8.20. The van der Waals surface area contributed by atoms with E-state index in [1.807, 2.05) is 71.0 Å². The summed E-state index contributed by atoms with van der Waals surface area (Å²) in [7, 11) is 0. The molecule has 3 N–H and O–H groups in total. The van der Waals surface area contributed by atoms with E-state index in [9.17, 15) is 19.5 Å². The van der Waals surface area contributed by atoms with Gasteiger partial charge in [0.1, 0.15) is 12.6 Å². The molecular weight excluding hydrogens is 444 g/mol. The molecule has 0 radical (unpaired) electrons. The number of amides is 2. The Labute approximate surface area is 207 Å². The van der Waals surface area contributed by atoms with Gasteiger partial charge in [0.2, 0.25) is 5.91 Å². The van der Waals surface area contributed by atoms with Crippen molar-refractivity contribution in [2.24, 2.45) is 11.3 Å². The molecule has 35 heavy (non-hydrogen) atoms. The van der Waals surface area contributed by atoms with Crippen molar-refractivity contribution < 1.29 is 24.2 Å². The molecule has 2 amide bonds. The lowest BCUT2D eigenvalue weighted by atomic mass is 9.84. The minimum Gasteiger partial charge on any atom is -0.481 e. The number of benzene rings is 2. The van der Waals surface area contributed by atoms with Gasteiger partial charge in [0, 0.05) is 12.0 Å². The number of hydrogen-bond acceptors (Lipinski definition) is 4. The third-order valence-electron chi connectivity index (χ3n) is 6.85. The fraction of sp³-hybridized carbons (Fsp3) is 0.464. The number of carbonyl (C=O) groups is 3. The molecule has 0 saturated heterocycles. The molecule has 1 aliphatic carbocycles. The molecule has 2 aromatic rings. The molecule has 0 saturated carbocycles. The zero-order valence-corrected chi connectivity index (χ0v) is 21.1. The molecule has 0 heterocycles. The molecule has 0 spiro atoms. The van der Waals surface area contributed by atoms with Gasteiger partial charge in [-0.05, 0) is 33.6 Å². The van der Waals surface area contributed by atoms with Gasteiger partial charge < -0.3 is 20.5 Å². The van der Waals surface area contributed by atoms with Crippen LogP contribution in [0.15, 0.2) is 48.5 Å². The third-order valence-corrected chi connectivity index (χ3v) is 6.85. The van der Waals surface area contributed by atoms with Crippen molar-refractivity contribution in [3.05, 3.63) is 59.7 Å². The first-order valence-electron chi connectivity index (χ1n) is 12.2. The lowest BCUT2D eigenvalue weighted by Crippen LogP contribution is -2.55. The highest BCUT2D eigenvalue weighted by molar-refractivity contribution is 5.86. The quantitative estimate of drug-likeness (QED) is 0.471. The van der Waals surface area contributed by atoms with Crippen molar-refractivity contribution in [3.63, 3.8) is 0 Å². The summed E-state index contributed by atoms with van der Waals surface area (Å²) in [6.45, 7) is 9.58. The molecule has 188 valence electrons. The van der Waals surface area contributed by atoms with Gasteiger partial charge in [-0.25, -0.2) is 4.79 Å². The molecule has 1 aliphatic rings. The van der Waals surface area contributed by atoms with Gasteiger partial charge in [-0.2, -0.15) is 0 Å². The average Bonchev–Trinajstić information content (AvgIpc) is 3.13. The minimum absolute atomic E-state index is 0.0788. The lowest BCUT2D eigenvalue weighted by molar-refractivity contribution is -0.138. The van der Waals surface area contributed by atoms with Gasteiger partial charge in [-0.1, -0.05) is 89.6 Å². The molecule has 0 aliphatic heterocycles. The summed E-state index contributed by atoms with van der Waals surface area (Å²) in [6.07, 6.45) is -0.216.